The predicted molar refractivity (Wildman–Crippen MR) is 109 cm³/mol. The topological polar surface area (TPSA) is 87.7 Å². The van der Waals surface area contributed by atoms with Crippen molar-refractivity contribution in [3.63, 3.8) is 0 Å². The molecule has 1 amide bonds. The van der Waals surface area contributed by atoms with Crippen LogP contribution in [0.3, 0.4) is 0 Å². The van der Waals surface area contributed by atoms with Gasteiger partial charge in [0.25, 0.3) is 0 Å². The van der Waals surface area contributed by atoms with Crippen molar-refractivity contribution in [2.24, 2.45) is 0 Å². The SMILES string of the molecule is CN(C)C(CNC(=O)CCNS(=O)(=O)c1ccc(OC(F)(F)F)cc1)c1ccc(F)cc1. The first-order valence-corrected chi connectivity index (χ1v) is 10.9. The molecule has 0 heterocycles. The quantitative estimate of drug-likeness (QED) is 0.514. The van der Waals surface area contributed by atoms with Gasteiger partial charge >= 0.3 is 6.36 Å². The van der Waals surface area contributed by atoms with Crippen LogP contribution in [0.2, 0.25) is 0 Å². The van der Waals surface area contributed by atoms with Crippen LogP contribution in [0.1, 0.15) is 18.0 Å². The van der Waals surface area contributed by atoms with Gasteiger partial charge in [-0.2, -0.15) is 0 Å². The minimum Gasteiger partial charge on any atom is -0.406 e. The minimum absolute atomic E-state index is 0.155. The molecule has 0 aliphatic rings. The Morgan fingerprint density at radius 2 is 1.66 bits per heavy atom. The highest BCUT2D eigenvalue weighted by Crippen LogP contribution is 2.24. The van der Waals surface area contributed by atoms with Crippen LogP contribution in [-0.2, 0) is 14.8 Å². The van der Waals surface area contributed by atoms with Gasteiger partial charge in [-0.05, 0) is 56.1 Å². The molecule has 2 aromatic rings. The smallest absolute Gasteiger partial charge is 0.406 e. The number of carbonyl (C=O) groups is 1. The summed E-state index contributed by atoms with van der Waals surface area (Å²) in [6.45, 7) is 0.0169. The molecule has 1 unspecified atom stereocenters. The third-order valence-electron chi connectivity index (χ3n) is 4.38. The van der Waals surface area contributed by atoms with E-state index in [4.69, 9.17) is 0 Å². The third-order valence-corrected chi connectivity index (χ3v) is 5.86. The lowest BCUT2D eigenvalue weighted by Gasteiger charge is -2.25. The Bertz CT molecular complexity index is 995. The molecular weight excluding hydrogens is 454 g/mol. The lowest BCUT2D eigenvalue weighted by molar-refractivity contribution is -0.274. The van der Waals surface area contributed by atoms with E-state index in [0.717, 1.165) is 29.8 Å². The number of halogens is 4. The lowest BCUT2D eigenvalue weighted by atomic mass is 10.1. The second-order valence-electron chi connectivity index (χ2n) is 7.00. The molecule has 176 valence electrons. The van der Waals surface area contributed by atoms with Crippen molar-refractivity contribution >= 4 is 15.9 Å². The van der Waals surface area contributed by atoms with Gasteiger partial charge in [-0.15, -0.1) is 13.2 Å². The maximum Gasteiger partial charge on any atom is 0.573 e. The van der Waals surface area contributed by atoms with Gasteiger partial charge in [-0.1, -0.05) is 12.1 Å². The largest absolute Gasteiger partial charge is 0.573 e. The molecule has 0 radical (unpaired) electrons. The Labute approximate surface area is 183 Å². The summed E-state index contributed by atoms with van der Waals surface area (Å²) >= 11 is 0. The maximum atomic E-state index is 13.1. The van der Waals surface area contributed by atoms with Gasteiger partial charge in [0.1, 0.15) is 11.6 Å². The van der Waals surface area contributed by atoms with Crippen molar-refractivity contribution in [3.05, 3.63) is 59.9 Å². The number of likely N-dealkylation sites (N-methyl/N-ethyl adjacent to an activating group) is 1. The Morgan fingerprint density at radius 3 is 2.19 bits per heavy atom. The molecule has 0 aliphatic carbocycles. The molecule has 1 atom stereocenters. The molecule has 0 saturated carbocycles. The summed E-state index contributed by atoms with van der Waals surface area (Å²) in [4.78, 5) is 13.7. The third kappa shape index (κ3) is 8.09. The van der Waals surface area contributed by atoms with E-state index in [9.17, 15) is 30.8 Å². The molecule has 0 aromatic heterocycles. The molecule has 32 heavy (non-hydrogen) atoms. The Balaban J connectivity index is 1.85. The van der Waals surface area contributed by atoms with Gasteiger partial charge in [0.2, 0.25) is 15.9 Å². The van der Waals surface area contributed by atoms with Crippen LogP contribution < -0.4 is 14.8 Å². The summed E-state index contributed by atoms with van der Waals surface area (Å²) in [5, 5.41) is 2.70. The zero-order valence-electron chi connectivity index (χ0n) is 17.3. The number of nitrogens with zero attached hydrogens (tertiary/aromatic N) is 1. The number of sulfonamides is 1. The van der Waals surface area contributed by atoms with Gasteiger partial charge in [0, 0.05) is 19.5 Å². The van der Waals surface area contributed by atoms with E-state index in [1.165, 1.54) is 12.1 Å². The number of amides is 1. The Hall–Kier alpha value is -2.70. The van der Waals surface area contributed by atoms with Crippen LogP contribution in [0.15, 0.2) is 53.4 Å². The lowest BCUT2D eigenvalue weighted by Crippen LogP contribution is -2.36. The average molecular weight is 477 g/mol. The monoisotopic (exact) mass is 477 g/mol. The second-order valence-corrected chi connectivity index (χ2v) is 8.77. The molecule has 0 aliphatic heterocycles. The molecule has 7 nitrogen and oxygen atoms in total. The summed E-state index contributed by atoms with van der Waals surface area (Å²) in [5.74, 6) is -1.33. The van der Waals surface area contributed by atoms with Crippen molar-refractivity contribution in [1.82, 2.24) is 14.9 Å². The summed E-state index contributed by atoms with van der Waals surface area (Å²) in [5.41, 5.74) is 0.801. The molecule has 0 bridgehead atoms. The summed E-state index contributed by atoms with van der Waals surface area (Å²) in [6.07, 6.45) is -5.04. The van der Waals surface area contributed by atoms with Gasteiger partial charge in [0.05, 0.1) is 10.9 Å². The van der Waals surface area contributed by atoms with E-state index in [-0.39, 0.29) is 36.3 Å². The summed E-state index contributed by atoms with van der Waals surface area (Å²) in [6, 6.07) is 9.36. The minimum atomic E-state index is -4.88. The van der Waals surface area contributed by atoms with Crippen molar-refractivity contribution < 1.29 is 35.5 Å². The van der Waals surface area contributed by atoms with Crippen molar-refractivity contribution in [2.45, 2.75) is 23.7 Å². The van der Waals surface area contributed by atoms with E-state index < -0.39 is 28.0 Å². The summed E-state index contributed by atoms with van der Waals surface area (Å²) < 4.78 is 80.0. The number of rotatable bonds is 10. The molecule has 0 saturated heterocycles. The van der Waals surface area contributed by atoms with Gasteiger partial charge in [-0.3, -0.25) is 4.79 Å². The van der Waals surface area contributed by atoms with Crippen LogP contribution in [0.25, 0.3) is 0 Å². The number of nitrogens with one attached hydrogen (secondary N) is 2. The highest BCUT2D eigenvalue weighted by molar-refractivity contribution is 7.89. The van der Waals surface area contributed by atoms with Crippen LogP contribution in [0, 0.1) is 5.82 Å². The van der Waals surface area contributed by atoms with Crippen LogP contribution in [0.5, 0.6) is 5.75 Å². The van der Waals surface area contributed by atoms with Crippen molar-refractivity contribution in [1.29, 1.82) is 0 Å². The Morgan fingerprint density at radius 1 is 1.06 bits per heavy atom. The van der Waals surface area contributed by atoms with Crippen LogP contribution in [-0.4, -0.2) is 52.8 Å². The fourth-order valence-corrected chi connectivity index (χ4v) is 3.82. The molecule has 2 aromatic carbocycles. The first-order valence-electron chi connectivity index (χ1n) is 9.41. The number of ether oxygens (including phenoxy) is 1. The first kappa shape index (κ1) is 25.6. The second kappa shape index (κ2) is 10.7. The molecular formula is C20H23F4N3O4S. The first-order chi connectivity index (χ1) is 14.9. The number of hydrogen-bond acceptors (Lipinski definition) is 5. The van der Waals surface area contributed by atoms with E-state index in [2.05, 4.69) is 14.8 Å². The molecule has 2 N–H and O–H groups in total. The predicted octanol–water partition coefficient (Wildman–Crippen LogP) is 2.81. The van der Waals surface area contributed by atoms with E-state index in [1.54, 1.807) is 26.2 Å². The highest BCUT2D eigenvalue weighted by Gasteiger charge is 2.31. The highest BCUT2D eigenvalue weighted by atomic mass is 32.2. The fraction of sp³-hybridized carbons (Fsp3) is 0.350. The Kier molecular flexibility index (Phi) is 8.58. The molecule has 0 spiro atoms. The number of alkyl halides is 3. The number of benzene rings is 2. The molecule has 12 heteroatoms. The van der Waals surface area contributed by atoms with Crippen LogP contribution >= 0.6 is 0 Å². The standard InChI is InChI=1S/C20H23F4N3O4S/c1-27(2)18(14-3-5-15(21)6-4-14)13-25-19(28)11-12-26-32(29,30)17-9-7-16(8-10-17)31-20(22,23)24/h3-10,18,26H,11-13H2,1-2H3,(H,25,28). The average Bonchev–Trinajstić information content (AvgIpc) is 2.68. The van der Waals surface area contributed by atoms with Gasteiger partial charge < -0.3 is 15.0 Å². The fourth-order valence-electron chi connectivity index (χ4n) is 2.79. The summed E-state index contributed by atoms with van der Waals surface area (Å²) in [7, 11) is -0.409. The van der Waals surface area contributed by atoms with Crippen LogP contribution in [0.4, 0.5) is 17.6 Å². The normalized spacial score (nSPS) is 13.1. The van der Waals surface area contributed by atoms with E-state index >= 15 is 0 Å². The van der Waals surface area contributed by atoms with E-state index in [0.29, 0.717) is 0 Å². The van der Waals surface area contributed by atoms with Gasteiger partial charge in [0.15, 0.2) is 0 Å². The number of carbonyl (C=O) groups excluding carboxylic acids is 1. The maximum absolute atomic E-state index is 13.1. The number of hydrogen-bond donors (Lipinski definition) is 2. The molecule has 0 fully saturated rings. The van der Waals surface area contributed by atoms with Crippen molar-refractivity contribution in [2.75, 3.05) is 27.2 Å². The van der Waals surface area contributed by atoms with E-state index in [1.807, 2.05) is 4.90 Å². The zero-order valence-corrected chi connectivity index (χ0v) is 18.1. The molecule has 2 rings (SSSR count). The van der Waals surface area contributed by atoms with Gasteiger partial charge in [-0.25, -0.2) is 17.5 Å². The van der Waals surface area contributed by atoms with Crippen molar-refractivity contribution in [3.8, 4) is 5.75 Å². The zero-order chi connectivity index (χ0) is 23.9.